The van der Waals surface area contributed by atoms with E-state index < -0.39 is 6.10 Å². The average Bonchev–Trinajstić information content (AvgIpc) is 2.51. The molecule has 0 saturated heterocycles. The van der Waals surface area contributed by atoms with E-state index >= 15 is 0 Å². The largest absolute Gasteiger partial charge is 0.493 e. The maximum atomic E-state index is 12.0. The summed E-state index contributed by atoms with van der Waals surface area (Å²) >= 11 is 0. The number of nitrogens with two attached hydrogens (primary N) is 1. The van der Waals surface area contributed by atoms with Crippen LogP contribution in [0.5, 0.6) is 11.5 Å². The Morgan fingerprint density at radius 1 is 1.38 bits per heavy atom. The quantitative estimate of drug-likeness (QED) is 0.685. The molecule has 0 spiro atoms. The van der Waals surface area contributed by atoms with Crippen molar-refractivity contribution in [1.29, 1.82) is 0 Å². The van der Waals surface area contributed by atoms with Gasteiger partial charge in [-0.25, -0.2) is 0 Å². The Kier molecular flexibility index (Phi) is 7.61. The van der Waals surface area contributed by atoms with Crippen molar-refractivity contribution < 1.29 is 14.3 Å². The summed E-state index contributed by atoms with van der Waals surface area (Å²) in [6.07, 6.45) is 2.63. The van der Waals surface area contributed by atoms with E-state index in [2.05, 4.69) is 12.2 Å². The number of nitrogens with one attached hydrogen (secondary N) is 1. The summed E-state index contributed by atoms with van der Waals surface area (Å²) in [4.78, 5) is 12.0. The normalized spacial score (nSPS) is 11.8. The monoisotopic (exact) mass is 294 g/mol. The highest BCUT2D eigenvalue weighted by Gasteiger charge is 2.18. The molecule has 1 rings (SSSR count). The maximum absolute atomic E-state index is 12.0. The van der Waals surface area contributed by atoms with E-state index in [4.69, 9.17) is 15.2 Å². The highest BCUT2D eigenvalue weighted by molar-refractivity contribution is 5.80. The molecule has 0 aromatic heterocycles. The van der Waals surface area contributed by atoms with Gasteiger partial charge in [-0.05, 0) is 19.4 Å². The third kappa shape index (κ3) is 5.27. The van der Waals surface area contributed by atoms with Crippen molar-refractivity contribution in [3.63, 3.8) is 0 Å². The summed E-state index contributed by atoms with van der Waals surface area (Å²) in [7, 11) is 1.57. The molecule has 0 bridgehead atoms. The third-order valence-electron chi connectivity index (χ3n) is 3.24. The number of benzene rings is 1. The summed E-state index contributed by atoms with van der Waals surface area (Å²) in [5.74, 6) is 1.00. The van der Waals surface area contributed by atoms with Gasteiger partial charge < -0.3 is 20.5 Å². The number of amides is 1. The first-order valence-electron chi connectivity index (χ1n) is 7.44. The lowest BCUT2D eigenvalue weighted by atomic mass is 10.2. The van der Waals surface area contributed by atoms with Gasteiger partial charge in [-0.2, -0.15) is 0 Å². The van der Waals surface area contributed by atoms with Crippen LogP contribution in [0.3, 0.4) is 0 Å². The molecule has 1 atom stereocenters. The molecule has 1 aromatic carbocycles. The summed E-state index contributed by atoms with van der Waals surface area (Å²) in [5, 5.41) is 2.88. The van der Waals surface area contributed by atoms with Gasteiger partial charge in [0.1, 0.15) is 0 Å². The van der Waals surface area contributed by atoms with Gasteiger partial charge in [0.25, 0.3) is 5.91 Å². The number of hydrogen-bond acceptors (Lipinski definition) is 4. The minimum absolute atomic E-state index is 0.125. The fourth-order valence-electron chi connectivity index (χ4n) is 1.98. The van der Waals surface area contributed by atoms with Crippen molar-refractivity contribution in [3.8, 4) is 11.5 Å². The van der Waals surface area contributed by atoms with Crippen LogP contribution >= 0.6 is 0 Å². The summed E-state index contributed by atoms with van der Waals surface area (Å²) < 4.78 is 11.0. The van der Waals surface area contributed by atoms with Crippen LogP contribution in [0.15, 0.2) is 18.2 Å². The van der Waals surface area contributed by atoms with Gasteiger partial charge in [0.15, 0.2) is 17.6 Å². The van der Waals surface area contributed by atoms with Gasteiger partial charge in [-0.3, -0.25) is 4.79 Å². The van der Waals surface area contributed by atoms with Gasteiger partial charge in [0.2, 0.25) is 0 Å². The van der Waals surface area contributed by atoms with E-state index in [9.17, 15) is 4.79 Å². The second-order valence-electron chi connectivity index (χ2n) is 4.91. The Hall–Kier alpha value is -1.75. The summed E-state index contributed by atoms with van der Waals surface area (Å²) in [5.41, 5.74) is 6.52. The van der Waals surface area contributed by atoms with E-state index in [0.717, 1.165) is 24.8 Å². The van der Waals surface area contributed by atoms with Crippen LogP contribution in [0.2, 0.25) is 0 Å². The number of carbonyl (C=O) groups is 1. The minimum Gasteiger partial charge on any atom is -0.493 e. The van der Waals surface area contributed by atoms with Crippen LogP contribution in [0.1, 0.15) is 38.7 Å². The number of carbonyl (C=O) groups excluding carboxylic acids is 1. The number of ether oxygens (including phenoxy) is 2. The lowest BCUT2D eigenvalue weighted by Gasteiger charge is -2.19. The van der Waals surface area contributed by atoms with Gasteiger partial charge in [0.05, 0.1) is 7.11 Å². The first-order chi connectivity index (χ1) is 10.1. The zero-order chi connectivity index (χ0) is 15.7. The molecule has 3 N–H and O–H groups in total. The number of unbranched alkanes of at least 4 members (excludes halogenated alkanes) is 2. The van der Waals surface area contributed by atoms with Gasteiger partial charge in [-0.15, -0.1) is 0 Å². The van der Waals surface area contributed by atoms with Crippen LogP contribution in [0, 0.1) is 0 Å². The van der Waals surface area contributed by atoms with Crippen molar-refractivity contribution in [2.24, 2.45) is 5.73 Å². The average molecular weight is 294 g/mol. The summed E-state index contributed by atoms with van der Waals surface area (Å²) in [6, 6.07) is 5.51. The molecule has 0 aliphatic carbocycles. The van der Waals surface area contributed by atoms with Crippen molar-refractivity contribution in [1.82, 2.24) is 5.32 Å². The maximum Gasteiger partial charge on any atom is 0.260 e. The van der Waals surface area contributed by atoms with Crippen molar-refractivity contribution >= 4 is 5.91 Å². The molecule has 21 heavy (non-hydrogen) atoms. The number of hydrogen-bond donors (Lipinski definition) is 2. The topological polar surface area (TPSA) is 73.6 Å². The molecule has 118 valence electrons. The molecule has 1 aromatic rings. The van der Waals surface area contributed by atoms with Crippen molar-refractivity contribution in [2.45, 2.75) is 45.8 Å². The predicted molar refractivity (Wildman–Crippen MR) is 83.5 cm³/mol. The number of methoxy groups -OCH3 is 1. The Balaban J connectivity index is 2.65. The highest BCUT2D eigenvalue weighted by atomic mass is 16.5. The van der Waals surface area contributed by atoms with Crippen LogP contribution in [-0.2, 0) is 11.3 Å². The van der Waals surface area contributed by atoms with E-state index in [-0.39, 0.29) is 5.91 Å². The first-order valence-corrected chi connectivity index (χ1v) is 7.44. The second-order valence-corrected chi connectivity index (χ2v) is 4.91. The molecular formula is C16H26N2O3. The smallest absolute Gasteiger partial charge is 0.260 e. The molecule has 0 aliphatic heterocycles. The highest BCUT2D eigenvalue weighted by Crippen LogP contribution is 2.31. The Morgan fingerprint density at radius 2 is 2.14 bits per heavy atom. The fraction of sp³-hybridized carbons (Fsp3) is 0.562. The first kappa shape index (κ1) is 17.3. The van der Waals surface area contributed by atoms with E-state index in [1.807, 2.05) is 12.1 Å². The fourth-order valence-corrected chi connectivity index (χ4v) is 1.98. The Labute approximate surface area is 126 Å². The molecule has 1 unspecified atom stereocenters. The molecule has 5 heteroatoms. The van der Waals surface area contributed by atoms with Crippen molar-refractivity contribution in [3.05, 3.63) is 23.8 Å². The molecular weight excluding hydrogens is 268 g/mol. The van der Waals surface area contributed by atoms with Crippen LogP contribution in [0.25, 0.3) is 0 Å². The standard InChI is InChI=1S/C16H26N2O3/c1-4-5-6-10-18-16(19)12(2)21-15-13(11-17)8-7-9-14(15)20-3/h7-9,12H,4-6,10-11,17H2,1-3H3,(H,18,19). The van der Waals surface area contributed by atoms with Gasteiger partial charge in [-0.1, -0.05) is 31.9 Å². The molecule has 0 saturated carbocycles. The molecule has 0 heterocycles. The Bertz CT molecular complexity index is 427. The number of rotatable bonds is 9. The molecule has 1 amide bonds. The number of para-hydroxylation sites is 1. The van der Waals surface area contributed by atoms with Crippen LogP contribution in [-0.4, -0.2) is 25.7 Å². The van der Waals surface area contributed by atoms with Crippen molar-refractivity contribution in [2.75, 3.05) is 13.7 Å². The van der Waals surface area contributed by atoms with Gasteiger partial charge >= 0.3 is 0 Å². The minimum atomic E-state index is -0.590. The molecule has 5 nitrogen and oxygen atoms in total. The third-order valence-corrected chi connectivity index (χ3v) is 3.24. The lowest BCUT2D eigenvalue weighted by Crippen LogP contribution is -2.37. The second kappa shape index (κ2) is 9.23. The van der Waals surface area contributed by atoms with Crippen LogP contribution in [0.4, 0.5) is 0 Å². The Morgan fingerprint density at radius 3 is 2.76 bits per heavy atom. The zero-order valence-electron chi connectivity index (χ0n) is 13.1. The molecule has 0 fully saturated rings. The van der Waals surface area contributed by atoms with Gasteiger partial charge in [0, 0.05) is 18.7 Å². The molecule has 0 radical (unpaired) electrons. The van der Waals surface area contributed by atoms with E-state index in [1.165, 1.54) is 0 Å². The SMILES string of the molecule is CCCCCNC(=O)C(C)Oc1c(CN)cccc1OC. The molecule has 0 aliphatic rings. The van der Waals surface area contributed by atoms with E-state index in [0.29, 0.717) is 24.6 Å². The zero-order valence-corrected chi connectivity index (χ0v) is 13.1. The lowest BCUT2D eigenvalue weighted by molar-refractivity contribution is -0.127. The van der Waals surface area contributed by atoms with Crippen LogP contribution < -0.4 is 20.5 Å². The summed E-state index contributed by atoms with van der Waals surface area (Å²) in [6.45, 7) is 4.86. The predicted octanol–water partition coefficient (Wildman–Crippen LogP) is 2.23. The van der Waals surface area contributed by atoms with E-state index in [1.54, 1.807) is 20.1 Å².